The van der Waals surface area contributed by atoms with Crippen molar-refractivity contribution in [2.45, 2.75) is 31.0 Å². The summed E-state index contributed by atoms with van der Waals surface area (Å²) in [6.45, 7) is 3.59. The van der Waals surface area contributed by atoms with Crippen LogP contribution in [0.3, 0.4) is 0 Å². The fourth-order valence-electron chi connectivity index (χ4n) is 3.85. The second kappa shape index (κ2) is 4.51. The molecule has 0 spiro atoms. The number of methoxy groups -OCH3 is 1. The molecule has 1 aliphatic carbocycles. The highest BCUT2D eigenvalue weighted by atomic mass is 16.9. The van der Waals surface area contributed by atoms with Crippen LogP contribution >= 0.6 is 0 Å². The van der Waals surface area contributed by atoms with Crippen molar-refractivity contribution >= 4 is 5.78 Å². The van der Waals surface area contributed by atoms with E-state index < -0.39 is 17.2 Å². The quantitative estimate of drug-likeness (QED) is 0.853. The zero-order valence-electron chi connectivity index (χ0n) is 13.3. The van der Waals surface area contributed by atoms with Gasteiger partial charge in [-0.05, 0) is 18.1 Å². The molecule has 23 heavy (non-hydrogen) atoms. The van der Waals surface area contributed by atoms with E-state index in [2.05, 4.69) is 0 Å². The van der Waals surface area contributed by atoms with Gasteiger partial charge in [0, 0.05) is 19.6 Å². The van der Waals surface area contributed by atoms with E-state index in [4.69, 9.17) is 14.2 Å². The van der Waals surface area contributed by atoms with Crippen molar-refractivity contribution in [3.63, 3.8) is 0 Å². The average molecular weight is 310 g/mol. The highest BCUT2D eigenvalue weighted by Crippen LogP contribution is 2.61. The molecule has 0 saturated carbocycles. The number of benzene rings is 2. The molecule has 0 amide bonds. The molecule has 1 aliphatic heterocycles. The lowest BCUT2D eigenvalue weighted by atomic mass is 9.79. The summed E-state index contributed by atoms with van der Waals surface area (Å²) in [5, 5.41) is 0. The van der Waals surface area contributed by atoms with E-state index in [9.17, 15) is 4.79 Å². The largest absolute Gasteiger partial charge is 0.331 e. The third-order valence-corrected chi connectivity index (χ3v) is 4.96. The standard InChI is InChI=1S/C19H18O4/c1-17-15-12-8-7-11-14(15)16(20)19(17,13-9-5-4-6-10-13)23-18(2,21-3)22-17/h4-12H,1-3H3/t17-,18?,19+/m0/s1. The van der Waals surface area contributed by atoms with E-state index >= 15 is 0 Å². The minimum atomic E-state index is -1.28. The molecule has 0 aromatic heterocycles. The summed E-state index contributed by atoms with van der Waals surface area (Å²) in [4.78, 5) is 13.3. The minimum absolute atomic E-state index is 0.0948. The molecule has 1 heterocycles. The van der Waals surface area contributed by atoms with Crippen LogP contribution in [0.2, 0.25) is 0 Å². The fraction of sp³-hybridized carbons (Fsp3) is 0.316. The third-order valence-electron chi connectivity index (χ3n) is 4.96. The number of rotatable bonds is 2. The molecule has 0 radical (unpaired) electrons. The monoisotopic (exact) mass is 310 g/mol. The van der Waals surface area contributed by atoms with Crippen molar-refractivity contribution in [1.82, 2.24) is 0 Å². The zero-order chi connectivity index (χ0) is 16.3. The first kappa shape index (κ1) is 14.6. The summed E-state index contributed by atoms with van der Waals surface area (Å²) in [5.41, 5.74) is 0.0336. The van der Waals surface area contributed by atoms with E-state index in [0.29, 0.717) is 5.56 Å². The van der Waals surface area contributed by atoms with Crippen LogP contribution in [0, 0.1) is 0 Å². The molecule has 118 valence electrons. The second-order valence-corrected chi connectivity index (χ2v) is 6.23. The van der Waals surface area contributed by atoms with Crippen molar-refractivity contribution in [3.8, 4) is 0 Å². The number of carbonyl (C=O) groups excluding carboxylic acids is 1. The number of carbonyl (C=O) groups is 1. The number of Topliss-reactive ketones (excluding diaryl/α,β-unsaturated/α-hetero) is 1. The van der Waals surface area contributed by atoms with Gasteiger partial charge < -0.3 is 14.2 Å². The van der Waals surface area contributed by atoms with E-state index in [1.165, 1.54) is 7.11 Å². The highest BCUT2D eigenvalue weighted by molar-refractivity contribution is 6.09. The van der Waals surface area contributed by atoms with Crippen molar-refractivity contribution in [3.05, 3.63) is 71.3 Å². The minimum Gasteiger partial charge on any atom is -0.331 e. The summed E-state index contributed by atoms with van der Waals surface area (Å²) in [5.74, 6) is -1.38. The van der Waals surface area contributed by atoms with Gasteiger partial charge in [0.1, 0.15) is 5.60 Å². The molecule has 1 unspecified atom stereocenters. The highest BCUT2D eigenvalue weighted by Gasteiger charge is 2.72. The smallest absolute Gasteiger partial charge is 0.282 e. The van der Waals surface area contributed by atoms with Crippen molar-refractivity contribution in [2.75, 3.05) is 7.11 Å². The molecule has 4 rings (SSSR count). The van der Waals surface area contributed by atoms with Gasteiger partial charge in [0.25, 0.3) is 5.97 Å². The molecule has 3 atom stereocenters. The van der Waals surface area contributed by atoms with E-state index in [1.807, 2.05) is 61.5 Å². The Hall–Kier alpha value is -2.01. The van der Waals surface area contributed by atoms with Gasteiger partial charge in [-0.3, -0.25) is 4.79 Å². The number of hydrogen-bond acceptors (Lipinski definition) is 4. The Morgan fingerprint density at radius 2 is 1.57 bits per heavy atom. The predicted octanol–water partition coefficient (Wildman–Crippen LogP) is 3.36. The molecule has 1 saturated heterocycles. The normalized spacial score (nSPS) is 35.2. The summed E-state index contributed by atoms with van der Waals surface area (Å²) < 4.78 is 17.8. The Labute approximate surface area is 135 Å². The Morgan fingerprint density at radius 1 is 0.913 bits per heavy atom. The van der Waals surface area contributed by atoms with Crippen LogP contribution in [-0.4, -0.2) is 18.9 Å². The molecular weight excluding hydrogens is 292 g/mol. The van der Waals surface area contributed by atoms with Crippen LogP contribution in [0.4, 0.5) is 0 Å². The SMILES string of the molecule is COC1(C)O[C@@]2(C)c3ccccc3C(=O)[C@@]2(c2ccccc2)O1. The summed E-state index contributed by atoms with van der Waals surface area (Å²) in [6.07, 6.45) is 0. The molecule has 4 nitrogen and oxygen atoms in total. The number of ketones is 1. The average Bonchev–Trinajstić information content (AvgIpc) is 2.94. The van der Waals surface area contributed by atoms with Crippen LogP contribution in [0.5, 0.6) is 0 Å². The van der Waals surface area contributed by atoms with E-state index in [1.54, 1.807) is 6.92 Å². The maximum Gasteiger partial charge on any atom is 0.282 e. The number of fused-ring (bicyclic) bond motifs is 3. The fourth-order valence-corrected chi connectivity index (χ4v) is 3.85. The Bertz CT molecular complexity index is 787. The topological polar surface area (TPSA) is 44.8 Å². The van der Waals surface area contributed by atoms with Gasteiger partial charge in [-0.15, -0.1) is 0 Å². The molecule has 2 aromatic carbocycles. The third kappa shape index (κ3) is 1.63. The Morgan fingerprint density at radius 3 is 2.26 bits per heavy atom. The molecule has 2 aliphatic rings. The maximum atomic E-state index is 13.3. The van der Waals surface area contributed by atoms with E-state index in [-0.39, 0.29) is 5.78 Å². The van der Waals surface area contributed by atoms with Gasteiger partial charge in [0.05, 0.1) is 0 Å². The van der Waals surface area contributed by atoms with Crippen LogP contribution in [0.25, 0.3) is 0 Å². The zero-order valence-corrected chi connectivity index (χ0v) is 13.3. The predicted molar refractivity (Wildman–Crippen MR) is 83.8 cm³/mol. The molecular formula is C19H18O4. The van der Waals surface area contributed by atoms with Crippen molar-refractivity contribution < 1.29 is 19.0 Å². The summed E-state index contributed by atoms with van der Waals surface area (Å²) >= 11 is 0. The van der Waals surface area contributed by atoms with Gasteiger partial charge in [-0.1, -0.05) is 54.6 Å². The number of ether oxygens (including phenoxy) is 3. The summed E-state index contributed by atoms with van der Waals surface area (Å²) in [7, 11) is 1.51. The molecule has 0 N–H and O–H groups in total. The lowest BCUT2D eigenvalue weighted by molar-refractivity contribution is -0.330. The number of hydrogen-bond donors (Lipinski definition) is 0. The Balaban J connectivity index is 2.03. The van der Waals surface area contributed by atoms with Gasteiger partial charge in [-0.25, -0.2) is 0 Å². The first-order valence-corrected chi connectivity index (χ1v) is 7.62. The van der Waals surface area contributed by atoms with Gasteiger partial charge in [-0.2, -0.15) is 0 Å². The van der Waals surface area contributed by atoms with Crippen molar-refractivity contribution in [1.29, 1.82) is 0 Å². The lowest BCUT2D eigenvalue weighted by Gasteiger charge is -2.33. The second-order valence-electron chi connectivity index (χ2n) is 6.23. The van der Waals surface area contributed by atoms with Crippen LogP contribution in [0.15, 0.2) is 54.6 Å². The molecule has 0 bridgehead atoms. The van der Waals surface area contributed by atoms with Crippen LogP contribution in [-0.2, 0) is 25.4 Å². The first-order chi connectivity index (χ1) is 11.0. The molecule has 2 aromatic rings. The van der Waals surface area contributed by atoms with E-state index in [0.717, 1.165) is 11.1 Å². The first-order valence-electron chi connectivity index (χ1n) is 7.62. The molecule has 1 fully saturated rings. The van der Waals surface area contributed by atoms with Crippen molar-refractivity contribution in [2.24, 2.45) is 0 Å². The maximum absolute atomic E-state index is 13.3. The Kier molecular flexibility index (Phi) is 2.86. The van der Waals surface area contributed by atoms with Crippen LogP contribution < -0.4 is 0 Å². The lowest BCUT2D eigenvalue weighted by Crippen LogP contribution is -2.45. The van der Waals surface area contributed by atoms with Gasteiger partial charge in [0.2, 0.25) is 5.78 Å². The van der Waals surface area contributed by atoms with Gasteiger partial charge >= 0.3 is 0 Å². The van der Waals surface area contributed by atoms with Gasteiger partial charge in [0.15, 0.2) is 5.60 Å². The van der Waals surface area contributed by atoms with Crippen LogP contribution in [0.1, 0.15) is 35.3 Å². The summed E-state index contributed by atoms with van der Waals surface area (Å²) in [6, 6.07) is 17.0. The molecule has 4 heteroatoms.